The maximum absolute atomic E-state index is 4.18. The van der Waals surface area contributed by atoms with Crippen LogP contribution in [0.4, 0.5) is 0 Å². The van der Waals surface area contributed by atoms with E-state index >= 15 is 0 Å². The van der Waals surface area contributed by atoms with Crippen LogP contribution >= 0.6 is 0 Å². The summed E-state index contributed by atoms with van der Waals surface area (Å²) < 4.78 is 0. The van der Waals surface area contributed by atoms with Gasteiger partial charge in [-0.3, -0.25) is 0 Å². The van der Waals surface area contributed by atoms with Crippen molar-refractivity contribution in [3.63, 3.8) is 0 Å². The van der Waals surface area contributed by atoms with E-state index in [1.165, 1.54) is 12.0 Å². The third kappa shape index (κ3) is 6.49. The molecule has 0 heterocycles. The molecule has 0 aliphatic rings. The topological polar surface area (TPSA) is 12.0 Å². The second kappa shape index (κ2) is 8.20. The molecule has 0 aromatic carbocycles. The van der Waals surface area contributed by atoms with Gasteiger partial charge in [-0.2, -0.15) is 0 Å². The molecule has 2 atom stereocenters. The predicted octanol–water partition coefficient (Wildman–Crippen LogP) is 4.15. The summed E-state index contributed by atoms with van der Waals surface area (Å²) in [5.74, 6) is 1.78. The fourth-order valence-corrected chi connectivity index (χ4v) is 1.81. The van der Waals surface area contributed by atoms with Gasteiger partial charge >= 0.3 is 0 Å². The molecule has 0 unspecified atom stereocenters. The molecule has 0 amide bonds. The third-order valence-corrected chi connectivity index (χ3v) is 2.90. The number of hydrogen-bond acceptors (Lipinski definition) is 1. The van der Waals surface area contributed by atoms with Gasteiger partial charge in [0.1, 0.15) is 0 Å². The van der Waals surface area contributed by atoms with Crippen molar-refractivity contribution in [1.82, 2.24) is 5.32 Å². The fourth-order valence-electron chi connectivity index (χ4n) is 1.81. The van der Waals surface area contributed by atoms with Gasteiger partial charge in [0.25, 0.3) is 0 Å². The SMILES string of the molecule is C=CNC[C@@H](C)C(=C)C[C@H](C=C)CC(C)C. The van der Waals surface area contributed by atoms with Gasteiger partial charge in [0, 0.05) is 6.54 Å². The summed E-state index contributed by atoms with van der Waals surface area (Å²) in [6.45, 7) is 19.4. The number of nitrogens with one attached hydrogen (secondary N) is 1. The van der Waals surface area contributed by atoms with Crippen LogP contribution in [0.3, 0.4) is 0 Å². The van der Waals surface area contributed by atoms with Gasteiger partial charge in [0.05, 0.1) is 0 Å². The number of rotatable bonds is 9. The Bertz CT molecular complexity index is 228. The molecule has 0 fully saturated rings. The van der Waals surface area contributed by atoms with Crippen LogP contribution in [0.25, 0.3) is 0 Å². The maximum Gasteiger partial charge on any atom is 0.0204 e. The van der Waals surface area contributed by atoms with Gasteiger partial charge in [-0.25, -0.2) is 0 Å². The Labute approximate surface area is 101 Å². The molecule has 0 bridgehead atoms. The lowest BCUT2D eigenvalue weighted by atomic mass is 9.87. The van der Waals surface area contributed by atoms with E-state index in [2.05, 4.69) is 51.9 Å². The van der Waals surface area contributed by atoms with Gasteiger partial charge in [-0.05, 0) is 36.8 Å². The zero-order chi connectivity index (χ0) is 12.6. The van der Waals surface area contributed by atoms with Crippen LogP contribution in [0.1, 0.15) is 33.6 Å². The molecule has 0 radical (unpaired) electrons. The normalized spacial score (nSPS) is 14.2. The van der Waals surface area contributed by atoms with Gasteiger partial charge in [-0.15, -0.1) is 6.58 Å². The van der Waals surface area contributed by atoms with Crippen molar-refractivity contribution in [2.24, 2.45) is 17.8 Å². The molecule has 1 N–H and O–H groups in total. The van der Waals surface area contributed by atoms with Crippen LogP contribution in [0.5, 0.6) is 0 Å². The van der Waals surface area contributed by atoms with Crippen LogP contribution in [0.2, 0.25) is 0 Å². The van der Waals surface area contributed by atoms with Crippen LogP contribution in [-0.4, -0.2) is 6.54 Å². The van der Waals surface area contributed by atoms with Gasteiger partial charge in [0.15, 0.2) is 0 Å². The predicted molar refractivity (Wildman–Crippen MR) is 74.3 cm³/mol. The average Bonchev–Trinajstić information content (AvgIpc) is 2.23. The minimum absolute atomic E-state index is 0.493. The molecule has 1 heteroatoms. The van der Waals surface area contributed by atoms with E-state index in [1.54, 1.807) is 6.20 Å². The highest BCUT2D eigenvalue weighted by Gasteiger charge is 2.12. The summed E-state index contributed by atoms with van der Waals surface area (Å²) in [4.78, 5) is 0. The molecule has 0 aliphatic carbocycles. The Morgan fingerprint density at radius 3 is 2.31 bits per heavy atom. The highest BCUT2D eigenvalue weighted by Crippen LogP contribution is 2.23. The standard InChI is InChI=1S/C15H27N/c1-7-15(9-12(3)4)10-13(5)14(6)11-16-8-2/h7-8,12,14-16H,1-2,5,9-11H2,3-4,6H3/t14-,15-/m1/s1. The first-order valence-electron chi connectivity index (χ1n) is 6.15. The summed E-state index contributed by atoms with van der Waals surface area (Å²) in [6.07, 6.45) is 6.06. The average molecular weight is 221 g/mol. The first kappa shape index (κ1) is 15.0. The quantitative estimate of drug-likeness (QED) is 0.577. The van der Waals surface area contributed by atoms with Crippen molar-refractivity contribution in [1.29, 1.82) is 0 Å². The smallest absolute Gasteiger partial charge is 0.0204 e. The molecule has 0 saturated heterocycles. The zero-order valence-corrected chi connectivity index (χ0v) is 11.1. The molecule has 0 aromatic heterocycles. The lowest BCUT2D eigenvalue weighted by molar-refractivity contribution is 0.456. The summed E-state index contributed by atoms with van der Waals surface area (Å²) in [5, 5.41) is 3.14. The molecule has 92 valence electrons. The van der Waals surface area contributed by atoms with Crippen LogP contribution in [0.15, 0.2) is 37.6 Å². The van der Waals surface area contributed by atoms with Crippen molar-refractivity contribution in [2.45, 2.75) is 33.6 Å². The van der Waals surface area contributed by atoms with Crippen LogP contribution < -0.4 is 5.32 Å². The second-order valence-corrected chi connectivity index (χ2v) is 5.00. The minimum Gasteiger partial charge on any atom is -0.391 e. The lowest BCUT2D eigenvalue weighted by Crippen LogP contribution is -2.18. The molecule has 16 heavy (non-hydrogen) atoms. The maximum atomic E-state index is 4.18. The highest BCUT2D eigenvalue weighted by molar-refractivity contribution is 5.04. The Morgan fingerprint density at radius 1 is 1.25 bits per heavy atom. The number of hydrogen-bond donors (Lipinski definition) is 1. The zero-order valence-electron chi connectivity index (χ0n) is 11.1. The number of allylic oxidation sites excluding steroid dienone is 1. The summed E-state index contributed by atoms with van der Waals surface area (Å²) in [7, 11) is 0. The molecule has 1 nitrogen and oxygen atoms in total. The van der Waals surface area contributed by atoms with E-state index in [4.69, 9.17) is 0 Å². The minimum atomic E-state index is 0.493. The van der Waals surface area contributed by atoms with E-state index < -0.39 is 0 Å². The summed E-state index contributed by atoms with van der Waals surface area (Å²) >= 11 is 0. The fraction of sp³-hybridized carbons (Fsp3) is 0.600. The van der Waals surface area contributed by atoms with Crippen molar-refractivity contribution in [3.05, 3.63) is 37.6 Å². The van der Waals surface area contributed by atoms with Gasteiger partial charge < -0.3 is 5.32 Å². The summed E-state index contributed by atoms with van der Waals surface area (Å²) in [6, 6.07) is 0. The highest BCUT2D eigenvalue weighted by atomic mass is 14.8. The van der Waals surface area contributed by atoms with Crippen LogP contribution in [-0.2, 0) is 0 Å². The molecule has 0 saturated carbocycles. The molecule has 0 aromatic rings. The van der Waals surface area contributed by atoms with E-state index in [1.807, 2.05) is 0 Å². The molecular weight excluding hydrogens is 194 g/mol. The van der Waals surface area contributed by atoms with Crippen LogP contribution in [0, 0.1) is 17.8 Å². The largest absolute Gasteiger partial charge is 0.391 e. The molecular formula is C15H27N. The second-order valence-electron chi connectivity index (χ2n) is 5.00. The van der Waals surface area contributed by atoms with Gasteiger partial charge in [0.2, 0.25) is 0 Å². The lowest BCUT2D eigenvalue weighted by Gasteiger charge is -2.20. The first-order valence-corrected chi connectivity index (χ1v) is 6.15. The molecule has 0 spiro atoms. The van der Waals surface area contributed by atoms with E-state index in [0.717, 1.165) is 18.9 Å². The molecule has 0 aliphatic heterocycles. The van der Waals surface area contributed by atoms with E-state index in [0.29, 0.717) is 11.8 Å². The monoisotopic (exact) mass is 221 g/mol. The first-order chi connectivity index (χ1) is 7.51. The van der Waals surface area contributed by atoms with Crippen molar-refractivity contribution >= 4 is 0 Å². The third-order valence-electron chi connectivity index (χ3n) is 2.90. The molecule has 0 rings (SSSR count). The Hall–Kier alpha value is -0.980. The van der Waals surface area contributed by atoms with E-state index in [-0.39, 0.29) is 0 Å². The Morgan fingerprint density at radius 2 is 1.88 bits per heavy atom. The van der Waals surface area contributed by atoms with Crippen molar-refractivity contribution < 1.29 is 0 Å². The Kier molecular flexibility index (Phi) is 7.70. The van der Waals surface area contributed by atoms with E-state index in [9.17, 15) is 0 Å². The van der Waals surface area contributed by atoms with Crippen molar-refractivity contribution in [2.75, 3.05) is 6.54 Å². The summed E-state index contributed by atoms with van der Waals surface area (Å²) in [5.41, 5.74) is 1.31. The Balaban J connectivity index is 4.07. The van der Waals surface area contributed by atoms with Gasteiger partial charge in [-0.1, -0.05) is 45.6 Å². The van der Waals surface area contributed by atoms with Crippen molar-refractivity contribution in [3.8, 4) is 0 Å².